The fraction of sp³-hybridized carbons (Fsp3) is 0.588. The Balaban J connectivity index is 2.33. The summed E-state index contributed by atoms with van der Waals surface area (Å²) in [6.07, 6.45) is 0.628. The molecule has 7 heteroatoms. The van der Waals surface area contributed by atoms with E-state index in [1.54, 1.807) is 39.8 Å². The highest BCUT2D eigenvalue weighted by molar-refractivity contribution is 7.91. The summed E-state index contributed by atoms with van der Waals surface area (Å²) < 4.78 is 46.6. The number of hydrogen-bond donors (Lipinski definition) is 1. The number of rotatable bonds is 5. The molecule has 0 radical (unpaired) electrons. The first kappa shape index (κ1) is 18.9. The maximum atomic E-state index is 13.1. The molecule has 5 nitrogen and oxygen atoms in total. The molecule has 1 heterocycles. The molecule has 0 bridgehead atoms. The second-order valence-corrected chi connectivity index (χ2v) is 9.20. The smallest absolute Gasteiger partial charge is 0.265 e. The highest BCUT2D eigenvalue weighted by Crippen LogP contribution is 2.39. The highest BCUT2D eigenvalue weighted by atomic mass is 32.2. The maximum Gasteiger partial charge on any atom is 0.265 e. The van der Waals surface area contributed by atoms with Crippen LogP contribution in [0.15, 0.2) is 28.7 Å². The first-order chi connectivity index (χ1) is 11.0. The minimum Gasteiger partial charge on any atom is -0.472 e. The molecule has 0 saturated carbocycles. The van der Waals surface area contributed by atoms with Gasteiger partial charge in [-0.25, -0.2) is 12.8 Å². The van der Waals surface area contributed by atoms with E-state index in [2.05, 4.69) is 4.40 Å². The summed E-state index contributed by atoms with van der Waals surface area (Å²) in [5.41, 5.74) is -0.132. The Labute approximate surface area is 142 Å². The van der Waals surface area contributed by atoms with Crippen LogP contribution in [0.5, 0.6) is 0 Å². The zero-order chi connectivity index (χ0) is 18.2. The van der Waals surface area contributed by atoms with Crippen LogP contribution < -0.4 is 0 Å². The predicted octanol–water partition coefficient (Wildman–Crippen LogP) is 3.00. The van der Waals surface area contributed by atoms with Crippen molar-refractivity contribution in [3.63, 3.8) is 0 Å². The van der Waals surface area contributed by atoms with Crippen LogP contribution in [-0.2, 0) is 14.8 Å². The van der Waals surface area contributed by atoms with Gasteiger partial charge in [-0.05, 0) is 57.7 Å². The molecule has 0 spiro atoms. The summed E-state index contributed by atoms with van der Waals surface area (Å²) in [5.74, 6) is -0.429. The van der Waals surface area contributed by atoms with Crippen LogP contribution in [0, 0.1) is 5.82 Å². The molecule has 24 heavy (non-hydrogen) atoms. The fourth-order valence-corrected chi connectivity index (χ4v) is 3.83. The van der Waals surface area contributed by atoms with Crippen LogP contribution in [0.4, 0.5) is 4.39 Å². The molecule has 1 atom stereocenters. The molecular formula is C17H24FNO4S. The van der Waals surface area contributed by atoms with E-state index in [0.717, 1.165) is 5.56 Å². The van der Waals surface area contributed by atoms with Crippen molar-refractivity contribution in [3.8, 4) is 0 Å². The van der Waals surface area contributed by atoms with Crippen LogP contribution in [0.2, 0.25) is 0 Å². The number of hydrogen-bond acceptors (Lipinski definition) is 4. The largest absolute Gasteiger partial charge is 0.472 e. The van der Waals surface area contributed by atoms with E-state index >= 15 is 0 Å². The first-order valence-corrected chi connectivity index (χ1v) is 9.33. The highest BCUT2D eigenvalue weighted by Gasteiger charge is 2.53. The molecular weight excluding hydrogens is 333 g/mol. The van der Waals surface area contributed by atoms with Gasteiger partial charge in [0.05, 0.1) is 0 Å². The Morgan fingerprint density at radius 3 is 2.29 bits per heavy atom. The van der Waals surface area contributed by atoms with E-state index in [-0.39, 0.29) is 30.7 Å². The van der Waals surface area contributed by atoms with Crippen molar-refractivity contribution in [1.82, 2.24) is 0 Å². The monoisotopic (exact) mass is 357 g/mol. The van der Waals surface area contributed by atoms with Crippen molar-refractivity contribution in [1.29, 1.82) is 0 Å². The maximum absolute atomic E-state index is 13.1. The van der Waals surface area contributed by atoms with Gasteiger partial charge < -0.3 is 9.84 Å². The molecule has 1 aliphatic rings. The lowest BCUT2D eigenvalue weighted by Gasteiger charge is -2.43. The Kier molecular flexibility index (Phi) is 5.06. The van der Waals surface area contributed by atoms with Gasteiger partial charge in [0.25, 0.3) is 10.0 Å². The molecule has 1 aromatic carbocycles. The first-order valence-electron chi connectivity index (χ1n) is 7.89. The van der Waals surface area contributed by atoms with Crippen LogP contribution in [-0.4, -0.2) is 36.4 Å². The lowest BCUT2D eigenvalue weighted by atomic mass is 9.91. The van der Waals surface area contributed by atoms with Crippen molar-refractivity contribution in [2.24, 2.45) is 4.40 Å². The Bertz CT molecular complexity index is 723. The number of nitrogens with zero attached hydrogens (tertiary/aromatic N) is 1. The van der Waals surface area contributed by atoms with Gasteiger partial charge in [-0.15, -0.1) is 4.40 Å². The molecule has 0 aromatic heterocycles. The Morgan fingerprint density at radius 2 is 1.79 bits per heavy atom. The van der Waals surface area contributed by atoms with Gasteiger partial charge in [0.1, 0.15) is 16.2 Å². The van der Waals surface area contributed by atoms with Crippen molar-refractivity contribution >= 4 is 15.9 Å². The Hall–Kier alpha value is -1.47. The fourth-order valence-electron chi connectivity index (χ4n) is 2.56. The van der Waals surface area contributed by atoms with Crippen molar-refractivity contribution in [2.75, 3.05) is 6.61 Å². The zero-order valence-electron chi connectivity index (χ0n) is 14.4. The second kappa shape index (κ2) is 6.44. The minimum absolute atomic E-state index is 0.0725. The van der Waals surface area contributed by atoms with Crippen LogP contribution in [0.25, 0.3) is 0 Å². The molecule has 1 N–H and O–H groups in total. The standard InChI is InChI=1S/C17H24FNO4S/c1-16(2)17(3,4)24(21,22)19-15(23-16)11-13(9-10-20)12-5-7-14(18)8-6-12/h5-8,13,20H,9-11H2,1-4H3/t13-/m1/s1. The second-order valence-electron chi connectivity index (χ2n) is 7.05. The summed E-state index contributed by atoms with van der Waals surface area (Å²) in [6.45, 7) is 6.55. The Morgan fingerprint density at radius 1 is 1.21 bits per heavy atom. The van der Waals surface area contributed by atoms with Gasteiger partial charge in [-0.1, -0.05) is 12.1 Å². The van der Waals surface area contributed by atoms with E-state index < -0.39 is 20.4 Å². The average Bonchev–Trinajstić information content (AvgIpc) is 2.45. The van der Waals surface area contributed by atoms with E-state index in [0.29, 0.717) is 6.42 Å². The van der Waals surface area contributed by atoms with Crippen LogP contribution in [0.3, 0.4) is 0 Å². The van der Waals surface area contributed by atoms with Crippen molar-refractivity contribution in [3.05, 3.63) is 35.6 Å². The van der Waals surface area contributed by atoms with Gasteiger partial charge in [-0.3, -0.25) is 0 Å². The molecule has 1 aliphatic heterocycles. The number of ether oxygens (including phenoxy) is 1. The van der Waals surface area contributed by atoms with Crippen LogP contribution in [0.1, 0.15) is 52.0 Å². The molecule has 0 saturated heterocycles. The molecule has 2 rings (SSSR count). The number of aliphatic hydroxyl groups is 1. The van der Waals surface area contributed by atoms with Gasteiger partial charge in [0.15, 0.2) is 0 Å². The molecule has 0 aliphatic carbocycles. The lowest BCUT2D eigenvalue weighted by molar-refractivity contribution is 0.0504. The van der Waals surface area contributed by atoms with E-state index in [4.69, 9.17) is 4.74 Å². The number of sulfonamides is 1. The SMILES string of the molecule is CC1(C)OC(C[C@@H](CCO)c2ccc(F)cc2)=NS(=O)(=O)C1(C)C. The number of aliphatic hydroxyl groups excluding tert-OH is 1. The predicted molar refractivity (Wildman–Crippen MR) is 91.1 cm³/mol. The van der Waals surface area contributed by atoms with Crippen molar-refractivity contribution in [2.45, 2.75) is 56.8 Å². The van der Waals surface area contributed by atoms with E-state index in [9.17, 15) is 17.9 Å². The molecule has 0 fully saturated rings. The number of benzene rings is 1. The van der Waals surface area contributed by atoms with Gasteiger partial charge in [0.2, 0.25) is 5.90 Å². The topological polar surface area (TPSA) is 76.0 Å². The number of halogens is 1. The quantitative estimate of drug-likeness (QED) is 0.879. The van der Waals surface area contributed by atoms with Gasteiger partial charge in [0, 0.05) is 13.0 Å². The minimum atomic E-state index is -3.73. The molecule has 0 unspecified atom stereocenters. The zero-order valence-corrected chi connectivity index (χ0v) is 15.2. The normalized spacial score (nSPS) is 22.3. The summed E-state index contributed by atoms with van der Waals surface area (Å²) in [6, 6.07) is 5.94. The third-order valence-corrected chi connectivity index (χ3v) is 7.16. The van der Waals surface area contributed by atoms with E-state index in [1.165, 1.54) is 12.1 Å². The third-order valence-electron chi connectivity index (χ3n) is 4.93. The summed E-state index contributed by atoms with van der Waals surface area (Å²) in [4.78, 5) is 0. The average molecular weight is 357 g/mol. The van der Waals surface area contributed by atoms with E-state index in [1.807, 2.05) is 0 Å². The lowest BCUT2D eigenvalue weighted by Crippen LogP contribution is -2.56. The molecule has 1 aromatic rings. The summed E-state index contributed by atoms with van der Waals surface area (Å²) >= 11 is 0. The van der Waals surface area contributed by atoms with Gasteiger partial charge in [-0.2, -0.15) is 0 Å². The summed E-state index contributed by atoms with van der Waals surface area (Å²) in [7, 11) is -3.73. The third kappa shape index (κ3) is 3.47. The van der Waals surface area contributed by atoms with Crippen molar-refractivity contribution < 1.29 is 22.7 Å². The molecule has 134 valence electrons. The summed E-state index contributed by atoms with van der Waals surface area (Å²) in [5, 5.41) is 9.30. The molecule has 0 amide bonds. The van der Waals surface area contributed by atoms with Crippen LogP contribution >= 0.6 is 0 Å². The van der Waals surface area contributed by atoms with Gasteiger partial charge >= 0.3 is 0 Å².